The maximum atomic E-state index is 13.4. The molecule has 25 heavy (non-hydrogen) atoms. The average Bonchev–Trinajstić information content (AvgIpc) is 2.56. The standard InChI is InChI=1S/C17H19F2N3O2S/c1-11(2)5-6-20-15(23)10-25-16-17(24)22(8-7-21-16)12-3-4-13(18)14(19)9-12/h3-4,7-9,11H,5-6,10H2,1-2H3,(H,20,23). The molecule has 2 aromatic rings. The highest BCUT2D eigenvalue weighted by Crippen LogP contribution is 2.14. The lowest BCUT2D eigenvalue weighted by Gasteiger charge is -2.08. The number of aromatic nitrogens is 2. The van der Waals surface area contributed by atoms with E-state index in [-0.39, 0.29) is 22.4 Å². The summed E-state index contributed by atoms with van der Waals surface area (Å²) in [6, 6.07) is 3.18. The van der Waals surface area contributed by atoms with Gasteiger partial charge in [0.15, 0.2) is 16.7 Å². The Hall–Kier alpha value is -2.22. The van der Waals surface area contributed by atoms with E-state index in [4.69, 9.17) is 0 Å². The Morgan fingerprint density at radius 3 is 2.76 bits per heavy atom. The lowest BCUT2D eigenvalue weighted by Crippen LogP contribution is -2.28. The van der Waals surface area contributed by atoms with Gasteiger partial charge in [-0.05, 0) is 24.5 Å². The molecule has 0 atom stereocenters. The number of amides is 1. The fraction of sp³-hybridized carbons (Fsp3) is 0.353. The third-order valence-corrected chi connectivity index (χ3v) is 4.33. The number of benzene rings is 1. The van der Waals surface area contributed by atoms with Crippen molar-refractivity contribution < 1.29 is 13.6 Å². The first kappa shape index (κ1) is 19.1. The molecule has 0 aliphatic rings. The van der Waals surface area contributed by atoms with Crippen LogP contribution in [0.2, 0.25) is 0 Å². The van der Waals surface area contributed by atoms with Crippen LogP contribution in [0, 0.1) is 17.6 Å². The molecule has 0 saturated carbocycles. The predicted octanol–water partition coefficient (Wildman–Crippen LogP) is 2.77. The highest BCUT2D eigenvalue weighted by atomic mass is 32.2. The van der Waals surface area contributed by atoms with Crippen LogP contribution in [0.25, 0.3) is 5.69 Å². The Balaban J connectivity index is 2.07. The van der Waals surface area contributed by atoms with Crippen LogP contribution in [-0.4, -0.2) is 27.8 Å². The van der Waals surface area contributed by atoms with E-state index >= 15 is 0 Å². The van der Waals surface area contributed by atoms with Gasteiger partial charge in [-0.3, -0.25) is 14.2 Å². The van der Waals surface area contributed by atoms with Crippen molar-refractivity contribution >= 4 is 17.7 Å². The minimum atomic E-state index is -1.04. The van der Waals surface area contributed by atoms with Gasteiger partial charge in [-0.25, -0.2) is 13.8 Å². The molecule has 2 rings (SSSR count). The van der Waals surface area contributed by atoms with E-state index in [0.29, 0.717) is 12.5 Å². The van der Waals surface area contributed by atoms with Gasteiger partial charge in [0.05, 0.1) is 11.4 Å². The van der Waals surface area contributed by atoms with Crippen molar-refractivity contribution in [1.82, 2.24) is 14.9 Å². The normalized spacial score (nSPS) is 10.9. The van der Waals surface area contributed by atoms with E-state index in [0.717, 1.165) is 34.9 Å². The van der Waals surface area contributed by atoms with Gasteiger partial charge in [-0.15, -0.1) is 0 Å². The molecule has 0 spiro atoms. The molecule has 1 aromatic carbocycles. The van der Waals surface area contributed by atoms with Crippen molar-refractivity contribution in [2.45, 2.75) is 25.3 Å². The monoisotopic (exact) mass is 367 g/mol. The molecule has 8 heteroatoms. The Bertz CT molecular complexity index is 809. The number of carbonyl (C=O) groups excluding carboxylic acids is 1. The topological polar surface area (TPSA) is 64.0 Å². The van der Waals surface area contributed by atoms with Gasteiger partial charge >= 0.3 is 0 Å². The summed E-state index contributed by atoms with van der Waals surface area (Å²) in [5.41, 5.74) is -0.303. The Kier molecular flexibility index (Phi) is 6.69. The maximum Gasteiger partial charge on any atom is 0.287 e. The van der Waals surface area contributed by atoms with Gasteiger partial charge in [0.25, 0.3) is 5.56 Å². The number of thioether (sulfide) groups is 1. The fourth-order valence-electron chi connectivity index (χ4n) is 2.02. The zero-order chi connectivity index (χ0) is 18.4. The lowest BCUT2D eigenvalue weighted by molar-refractivity contribution is -0.118. The summed E-state index contributed by atoms with van der Waals surface area (Å²) in [6.45, 7) is 4.71. The van der Waals surface area contributed by atoms with Gasteiger partial charge in [-0.2, -0.15) is 0 Å². The van der Waals surface area contributed by atoms with E-state index in [2.05, 4.69) is 24.1 Å². The number of nitrogens with one attached hydrogen (secondary N) is 1. The van der Waals surface area contributed by atoms with Crippen molar-refractivity contribution in [2.24, 2.45) is 5.92 Å². The highest BCUT2D eigenvalue weighted by molar-refractivity contribution is 7.99. The van der Waals surface area contributed by atoms with E-state index in [1.165, 1.54) is 18.5 Å². The first-order valence-electron chi connectivity index (χ1n) is 7.81. The van der Waals surface area contributed by atoms with Crippen LogP contribution in [0.4, 0.5) is 8.78 Å². The first-order valence-corrected chi connectivity index (χ1v) is 8.79. The zero-order valence-electron chi connectivity index (χ0n) is 14.0. The minimum Gasteiger partial charge on any atom is -0.355 e. The summed E-state index contributed by atoms with van der Waals surface area (Å²) in [4.78, 5) is 28.2. The molecule has 5 nitrogen and oxygen atoms in total. The summed E-state index contributed by atoms with van der Waals surface area (Å²) in [5.74, 6) is -1.66. The first-order chi connectivity index (χ1) is 11.9. The van der Waals surface area contributed by atoms with Gasteiger partial charge in [0.1, 0.15) is 0 Å². The highest BCUT2D eigenvalue weighted by Gasteiger charge is 2.11. The van der Waals surface area contributed by atoms with Crippen molar-refractivity contribution in [3.8, 4) is 5.69 Å². The van der Waals surface area contributed by atoms with Crippen molar-refractivity contribution in [2.75, 3.05) is 12.3 Å². The van der Waals surface area contributed by atoms with Crippen LogP contribution in [0.1, 0.15) is 20.3 Å². The lowest BCUT2D eigenvalue weighted by atomic mass is 10.1. The smallest absolute Gasteiger partial charge is 0.287 e. The molecule has 0 aliphatic heterocycles. The molecule has 0 fully saturated rings. The Labute approximate surface area is 148 Å². The van der Waals surface area contributed by atoms with Gasteiger partial charge in [-0.1, -0.05) is 25.6 Å². The number of nitrogens with zero attached hydrogens (tertiary/aromatic N) is 2. The fourth-order valence-corrected chi connectivity index (χ4v) is 2.74. The molecule has 0 bridgehead atoms. The third-order valence-electron chi connectivity index (χ3n) is 3.37. The van der Waals surface area contributed by atoms with Gasteiger partial charge in [0, 0.05) is 25.0 Å². The summed E-state index contributed by atoms with van der Waals surface area (Å²) in [5, 5.41) is 2.89. The molecule has 0 saturated heterocycles. The van der Waals surface area contributed by atoms with Gasteiger partial charge in [0.2, 0.25) is 5.91 Å². The SMILES string of the molecule is CC(C)CCNC(=O)CSc1nccn(-c2ccc(F)c(F)c2)c1=O. The van der Waals surface area contributed by atoms with Gasteiger partial charge < -0.3 is 5.32 Å². The molecule has 0 aliphatic carbocycles. The predicted molar refractivity (Wildman–Crippen MR) is 92.9 cm³/mol. The summed E-state index contributed by atoms with van der Waals surface area (Å²) in [6.07, 6.45) is 3.62. The molecular formula is C17H19F2N3O2S. The minimum absolute atomic E-state index is 0.0577. The van der Waals surface area contributed by atoms with Crippen molar-refractivity contribution in [3.05, 3.63) is 52.6 Å². The quantitative estimate of drug-likeness (QED) is 0.765. The molecule has 1 heterocycles. The number of carbonyl (C=O) groups is 1. The molecule has 1 aromatic heterocycles. The van der Waals surface area contributed by atoms with E-state index in [9.17, 15) is 18.4 Å². The molecule has 134 valence electrons. The number of halogens is 2. The van der Waals surface area contributed by atoms with Crippen LogP contribution in [-0.2, 0) is 4.79 Å². The summed E-state index contributed by atoms with van der Waals surface area (Å²) >= 11 is 1.01. The number of hydrogen-bond acceptors (Lipinski definition) is 4. The molecular weight excluding hydrogens is 348 g/mol. The number of rotatable bonds is 7. The van der Waals surface area contributed by atoms with Crippen LogP contribution in [0.3, 0.4) is 0 Å². The largest absolute Gasteiger partial charge is 0.355 e. The van der Waals surface area contributed by atoms with Crippen molar-refractivity contribution in [3.63, 3.8) is 0 Å². The van der Waals surface area contributed by atoms with Crippen LogP contribution in [0.5, 0.6) is 0 Å². The van der Waals surface area contributed by atoms with E-state index in [1.807, 2.05) is 0 Å². The second-order valence-corrected chi connectivity index (χ2v) is 6.79. The van der Waals surface area contributed by atoms with Crippen LogP contribution >= 0.6 is 11.8 Å². The third kappa shape index (κ3) is 5.38. The summed E-state index contributed by atoms with van der Waals surface area (Å²) in [7, 11) is 0. The van der Waals surface area contributed by atoms with Crippen LogP contribution < -0.4 is 10.9 Å². The Morgan fingerprint density at radius 1 is 1.32 bits per heavy atom. The second-order valence-electron chi connectivity index (χ2n) is 5.83. The zero-order valence-corrected chi connectivity index (χ0v) is 14.8. The molecule has 1 amide bonds. The van der Waals surface area contributed by atoms with E-state index in [1.54, 1.807) is 0 Å². The Morgan fingerprint density at radius 2 is 2.08 bits per heavy atom. The average molecular weight is 367 g/mol. The van der Waals surface area contributed by atoms with Crippen LogP contribution in [0.15, 0.2) is 40.4 Å². The number of hydrogen-bond donors (Lipinski definition) is 1. The molecule has 0 unspecified atom stereocenters. The van der Waals surface area contributed by atoms with Crippen molar-refractivity contribution in [1.29, 1.82) is 0 Å². The summed E-state index contributed by atoms with van der Waals surface area (Å²) < 4.78 is 27.6. The molecule has 1 N–H and O–H groups in total. The van der Waals surface area contributed by atoms with E-state index < -0.39 is 17.2 Å². The molecule has 0 radical (unpaired) electrons. The second kappa shape index (κ2) is 8.75. The maximum absolute atomic E-state index is 13.4.